The number of nitrogens with zero attached hydrogens (tertiary/aromatic N) is 1. The monoisotopic (exact) mass is 290 g/mol. The van der Waals surface area contributed by atoms with E-state index in [0.29, 0.717) is 29.8 Å². The lowest BCUT2D eigenvalue weighted by Gasteiger charge is -2.30. The van der Waals surface area contributed by atoms with E-state index < -0.39 is 10.0 Å². The first kappa shape index (κ1) is 13.9. The van der Waals surface area contributed by atoms with Gasteiger partial charge in [-0.15, -0.1) is 11.6 Å². The molecule has 0 aliphatic heterocycles. The third-order valence-electron chi connectivity index (χ3n) is 3.54. The van der Waals surface area contributed by atoms with E-state index in [1.807, 2.05) is 6.92 Å². The fraction of sp³-hybridized carbons (Fsp3) is 0.667. The van der Waals surface area contributed by atoms with Crippen LogP contribution in [0.5, 0.6) is 0 Å². The van der Waals surface area contributed by atoms with Crippen molar-refractivity contribution in [3.63, 3.8) is 0 Å². The maximum atomic E-state index is 12.4. The van der Waals surface area contributed by atoms with Crippen LogP contribution in [0.2, 0.25) is 0 Å². The minimum Gasteiger partial charge on any atom is -0.363 e. The largest absolute Gasteiger partial charge is 0.363 e. The first-order valence-corrected chi connectivity index (χ1v) is 8.28. The van der Waals surface area contributed by atoms with Crippen LogP contribution < -0.4 is 0 Å². The zero-order chi connectivity index (χ0) is 13.2. The summed E-state index contributed by atoms with van der Waals surface area (Å²) >= 11 is 5.68. The molecule has 1 N–H and O–H groups in total. The summed E-state index contributed by atoms with van der Waals surface area (Å²) in [6, 6.07) is 1.62. The van der Waals surface area contributed by atoms with Crippen molar-refractivity contribution in [3.05, 3.63) is 18.0 Å². The van der Waals surface area contributed by atoms with Crippen LogP contribution in [0.4, 0.5) is 0 Å². The standard InChI is InChI=1S/C12H19ClN2O2S/c1-2-15(9-10-4-3-5-10)18(16,17)12-6-11(7-13)14-8-12/h6,8,10,14H,2-5,7,9H2,1H3. The Bertz CT molecular complexity index is 494. The van der Waals surface area contributed by atoms with Gasteiger partial charge < -0.3 is 4.98 Å². The highest BCUT2D eigenvalue weighted by Gasteiger charge is 2.28. The molecule has 0 unspecified atom stereocenters. The Morgan fingerprint density at radius 1 is 1.50 bits per heavy atom. The molecule has 1 heterocycles. The normalized spacial score (nSPS) is 17.1. The van der Waals surface area contributed by atoms with E-state index in [4.69, 9.17) is 11.6 Å². The molecule has 1 aromatic heterocycles. The van der Waals surface area contributed by atoms with Gasteiger partial charge in [0.2, 0.25) is 10.0 Å². The van der Waals surface area contributed by atoms with Gasteiger partial charge in [-0.2, -0.15) is 4.31 Å². The second-order valence-corrected chi connectivity index (χ2v) is 6.95. The van der Waals surface area contributed by atoms with Crippen LogP contribution in [0.1, 0.15) is 31.9 Å². The van der Waals surface area contributed by atoms with E-state index >= 15 is 0 Å². The Kier molecular flexibility index (Phi) is 4.35. The molecular weight excluding hydrogens is 272 g/mol. The molecule has 0 atom stereocenters. The van der Waals surface area contributed by atoms with Crippen LogP contribution in [-0.2, 0) is 15.9 Å². The fourth-order valence-corrected chi connectivity index (χ4v) is 3.85. The maximum Gasteiger partial charge on any atom is 0.244 e. The van der Waals surface area contributed by atoms with E-state index in [-0.39, 0.29) is 0 Å². The summed E-state index contributed by atoms with van der Waals surface area (Å²) in [5.41, 5.74) is 0.731. The summed E-state index contributed by atoms with van der Waals surface area (Å²) in [6.45, 7) is 3.03. The molecule has 4 nitrogen and oxygen atoms in total. The zero-order valence-electron chi connectivity index (χ0n) is 10.5. The average Bonchev–Trinajstić information content (AvgIpc) is 2.76. The van der Waals surface area contributed by atoms with Crippen molar-refractivity contribution in [2.45, 2.75) is 37.0 Å². The Labute approximate surface area is 113 Å². The summed E-state index contributed by atoms with van der Waals surface area (Å²) in [4.78, 5) is 3.20. The predicted molar refractivity (Wildman–Crippen MR) is 72.1 cm³/mol. The minimum absolute atomic E-state index is 0.296. The van der Waals surface area contributed by atoms with Crippen molar-refractivity contribution in [2.75, 3.05) is 13.1 Å². The summed E-state index contributed by atoms with van der Waals surface area (Å²) in [5.74, 6) is 0.829. The molecule has 1 aromatic rings. The smallest absolute Gasteiger partial charge is 0.244 e. The number of rotatable bonds is 6. The van der Waals surface area contributed by atoms with Crippen LogP contribution in [-0.4, -0.2) is 30.8 Å². The van der Waals surface area contributed by atoms with Crippen LogP contribution in [0.15, 0.2) is 17.2 Å². The van der Waals surface area contributed by atoms with Crippen LogP contribution in [0, 0.1) is 5.92 Å². The quantitative estimate of drug-likeness (QED) is 0.819. The molecule has 0 saturated heterocycles. The van der Waals surface area contributed by atoms with E-state index in [1.165, 1.54) is 12.6 Å². The van der Waals surface area contributed by atoms with Crippen molar-refractivity contribution in [1.29, 1.82) is 0 Å². The van der Waals surface area contributed by atoms with Gasteiger partial charge in [-0.3, -0.25) is 0 Å². The number of aromatic amines is 1. The van der Waals surface area contributed by atoms with Gasteiger partial charge in [0.1, 0.15) is 0 Å². The third-order valence-corrected chi connectivity index (χ3v) is 5.74. The van der Waals surface area contributed by atoms with Gasteiger partial charge in [-0.1, -0.05) is 13.3 Å². The molecule has 0 amide bonds. The predicted octanol–water partition coefficient (Wildman–Crippen LogP) is 2.56. The highest BCUT2D eigenvalue weighted by Crippen LogP contribution is 2.29. The topological polar surface area (TPSA) is 53.2 Å². The molecule has 102 valence electrons. The third kappa shape index (κ3) is 2.73. The lowest BCUT2D eigenvalue weighted by atomic mass is 9.85. The van der Waals surface area contributed by atoms with Crippen molar-refractivity contribution in [3.8, 4) is 0 Å². The maximum absolute atomic E-state index is 12.4. The molecular formula is C12H19ClN2O2S. The Morgan fingerprint density at radius 2 is 2.22 bits per heavy atom. The van der Waals surface area contributed by atoms with Gasteiger partial charge in [0.15, 0.2) is 0 Å². The number of sulfonamides is 1. The zero-order valence-corrected chi connectivity index (χ0v) is 12.1. The van der Waals surface area contributed by atoms with Crippen molar-refractivity contribution in [1.82, 2.24) is 9.29 Å². The van der Waals surface area contributed by atoms with Crippen molar-refractivity contribution >= 4 is 21.6 Å². The Balaban J connectivity index is 2.16. The number of nitrogens with one attached hydrogen (secondary N) is 1. The number of H-pyrrole nitrogens is 1. The number of hydrogen-bond donors (Lipinski definition) is 1. The van der Waals surface area contributed by atoms with Gasteiger partial charge in [0, 0.05) is 25.0 Å². The molecule has 1 saturated carbocycles. The minimum atomic E-state index is -3.37. The summed E-state index contributed by atoms with van der Waals surface area (Å²) in [5, 5.41) is 0. The van der Waals surface area contributed by atoms with Crippen molar-refractivity contribution < 1.29 is 8.42 Å². The fourth-order valence-electron chi connectivity index (χ4n) is 2.15. The number of halogens is 1. The lowest BCUT2D eigenvalue weighted by Crippen LogP contribution is -2.37. The number of alkyl halides is 1. The molecule has 1 aliphatic rings. The molecule has 18 heavy (non-hydrogen) atoms. The SMILES string of the molecule is CCN(CC1CCC1)S(=O)(=O)c1c[nH]c(CCl)c1. The summed E-state index contributed by atoms with van der Waals surface area (Å²) in [7, 11) is -3.37. The first-order valence-electron chi connectivity index (χ1n) is 6.31. The second-order valence-electron chi connectivity index (χ2n) is 4.75. The van der Waals surface area contributed by atoms with E-state index in [0.717, 1.165) is 18.5 Å². The van der Waals surface area contributed by atoms with Crippen LogP contribution in [0.3, 0.4) is 0 Å². The Hall–Kier alpha value is -0.520. The van der Waals surface area contributed by atoms with Gasteiger partial charge in [0.25, 0.3) is 0 Å². The van der Waals surface area contributed by atoms with E-state index in [2.05, 4.69) is 4.98 Å². The van der Waals surface area contributed by atoms with Crippen LogP contribution >= 0.6 is 11.6 Å². The number of aromatic nitrogens is 1. The molecule has 1 aliphatic carbocycles. The molecule has 0 radical (unpaired) electrons. The molecule has 1 fully saturated rings. The summed E-state index contributed by atoms with van der Waals surface area (Å²) in [6.07, 6.45) is 5.04. The molecule has 6 heteroatoms. The van der Waals surface area contributed by atoms with Gasteiger partial charge >= 0.3 is 0 Å². The lowest BCUT2D eigenvalue weighted by molar-refractivity contribution is 0.250. The van der Waals surface area contributed by atoms with E-state index in [9.17, 15) is 8.42 Å². The van der Waals surface area contributed by atoms with Crippen LogP contribution in [0.25, 0.3) is 0 Å². The highest BCUT2D eigenvalue weighted by molar-refractivity contribution is 7.89. The van der Waals surface area contributed by atoms with Gasteiger partial charge in [0.05, 0.1) is 10.8 Å². The summed E-state index contributed by atoms with van der Waals surface area (Å²) < 4.78 is 26.4. The molecule has 0 aromatic carbocycles. The second kappa shape index (κ2) is 5.63. The molecule has 2 rings (SSSR count). The molecule has 0 spiro atoms. The average molecular weight is 291 g/mol. The number of hydrogen-bond acceptors (Lipinski definition) is 2. The Morgan fingerprint density at radius 3 is 2.67 bits per heavy atom. The highest BCUT2D eigenvalue weighted by atomic mass is 35.5. The molecule has 0 bridgehead atoms. The van der Waals surface area contributed by atoms with Gasteiger partial charge in [-0.25, -0.2) is 8.42 Å². The van der Waals surface area contributed by atoms with E-state index in [1.54, 1.807) is 10.4 Å². The van der Waals surface area contributed by atoms with Gasteiger partial charge in [-0.05, 0) is 24.8 Å². The first-order chi connectivity index (χ1) is 8.57. The van der Waals surface area contributed by atoms with Crippen molar-refractivity contribution in [2.24, 2.45) is 5.92 Å².